The maximum Gasteiger partial charge on any atom is 0.243 e. The number of benzene rings is 1. The molecule has 0 aromatic heterocycles. The first-order chi connectivity index (χ1) is 9.91. The fourth-order valence-electron chi connectivity index (χ4n) is 3.22. The van der Waals surface area contributed by atoms with Gasteiger partial charge in [0.05, 0.1) is 9.72 Å². The van der Waals surface area contributed by atoms with Crippen LogP contribution >= 0.6 is 27.5 Å². The Morgan fingerprint density at radius 1 is 1.19 bits per heavy atom. The first-order valence-corrected chi connectivity index (χ1v) is 9.60. The molecule has 3 rings (SSSR count). The lowest BCUT2D eigenvalue weighted by molar-refractivity contribution is -0.123. The van der Waals surface area contributed by atoms with Gasteiger partial charge in [0.15, 0.2) is 0 Å². The van der Waals surface area contributed by atoms with E-state index in [1.54, 1.807) is 16.4 Å². The maximum atomic E-state index is 12.9. The Morgan fingerprint density at radius 3 is 2.52 bits per heavy atom. The third kappa shape index (κ3) is 2.67. The highest BCUT2D eigenvalue weighted by Gasteiger charge is 2.48. The summed E-state index contributed by atoms with van der Waals surface area (Å²) in [6, 6.07) is 5.69. The van der Waals surface area contributed by atoms with Crippen molar-refractivity contribution >= 4 is 43.3 Å². The van der Waals surface area contributed by atoms with Crippen molar-refractivity contribution in [2.24, 2.45) is 0 Å². The van der Waals surface area contributed by atoms with Gasteiger partial charge in [0.1, 0.15) is 5.78 Å². The van der Waals surface area contributed by atoms with E-state index < -0.39 is 14.9 Å². The van der Waals surface area contributed by atoms with E-state index in [2.05, 4.69) is 15.9 Å². The molecule has 2 bridgehead atoms. The predicted octanol–water partition coefficient (Wildman–Crippen LogP) is 2.99. The van der Waals surface area contributed by atoms with Crippen LogP contribution < -0.4 is 0 Å². The molecular formula is C14H15BrClNO3S. The molecular weight excluding hydrogens is 378 g/mol. The van der Waals surface area contributed by atoms with Crippen LogP contribution in [0.1, 0.15) is 25.7 Å². The van der Waals surface area contributed by atoms with Gasteiger partial charge >= 0.3 is 0 Å². The first kappa shape index (κ1) is 15.5. The molecule has 2 aliphatic heterocycles. The van der Waals surface area contributed by atoms with Gasteiger partial charge in [0.25, 0.3) is 0 Å². The number of nitrogens with zero attached hydrogens (tertiary/aromatic N) is 1. The van der Waals surface area contributed by atoms with Crippen LogP contribution in [0.2, 0.25) is 5.02 Å². The Kier molecular flexibility index (Phi) is 4.16. The van der Waals surface area contributed by atoms with Gasteiger partial charge in [-0.3, -0.25) is 4.79 Å². The van der Waals surface area contributed by atoms with Crippen LogP contribution in [0, 0.1) is 0 Å². The summed E-state index contributed by atoms with van der Waals surface area (Å²) in [5.74, 6) is 0.104. The van der Waals surface area contributed by atoms with Gasteiger partial charge in [-0.2, -0.15) is 4.31 Å². The van der Waals surface area contributed by atoms with Crippen LogP contribution in [-0.2, 0) is 14.8 Å². The van der Waals surface area contributed by atoms with Crippen molar-refractivity contribution < 1.29 is 13.2 Å². The molecule has 7 heteroatoms. The number of alkyl halides is 1. The first-order valence-electron chi connectivity index (χ1n) is 6.87. The number of hydrogen-bond donors (Lipinski definition) is 0. The van der Waals surface area contributed by atoms with E-state index in [0.717, 1.165) is 12.8 Å². The zero-order chi connectivity index (χ0) is 15.2. The van der Waals surface area contributed by atoms with E-state index in [-0.39, 0.29) is 22.8 Å². The Balaban J connectivity index is 2.01. The standard InChI is InChI=1S/C14H15BrClNO3S/c15-14-12-3-1-2-10(8-13(14)18)17(12)21(19,20)11-6-4-9(16)5-7-11/h4-7,10,12,14H,1-3,8H2/t10-,12+,14+/m1/s1. The van der Waals surface area contributed by atoms with Crippen molar-refractivity contribution in [1.82, 2.24) is 4.31 Å². The van der Waals surface area contributed by atoms with Gasteiger partial charge in [0.2, 0.25) is 10.0 Å². The highest BCUT2D eigenvalue weighted by atomic mass is 79.9. The van der Waals surface area contributed by atoms with Gasteiger partial charge in [-0.05, 0) is 37.1 Å². The van der Waals surface area contributed by atoms with Crippen LogP contribution in [-0.4, -0.2) is 35.4 Å². The van der Waals surface area contributed by atoms with Crippen molar-refractivity contribution in [3.05, 3.63) is 29.3 Å². The van der Waals surface area contributed by atoms with E-state index in [1.807, 2.05) is 0 Å². The lowest BCUT2D eigenvalue weighted by Gasteiger charge is -2.46. The number of ketones is 1. The van der Waals surface area contributed by atoms with Gasteiger partial charge < -0.3 is 0 Å². The normalized spacial score (nSPS) is 30.4. The molecule has 1 aromatic carbocycles. The average molecular weight is 393 g/mol. The molecule has 21 heavy (non-hydrogen) atoms. The summed E-state index contributed by atoms with van der Waals surface area (Å²) in [5.41, 5.74) is 0. The van der Waals surface area contributed by atoms with Crippen LogP contribution in [0.25, 0.3) is 0 Å². The maximum absolute atomic E-state index is 12.9. The monoisotopic (exact) mass is 391 g/mol. The molecule has 0 amide bonds. The van der Waals surface area contributed by atoms with Crippen LogP contribution in [0.3, 0.4) is 0 Å². The summed E-state index contributed by atoms with van der Waals surface area (Å²) >= 11 is 9.21. The van der Waals surface area contributed by atoms with Gasteiger partial charge in [-0.1, -0.05) is 34.0 Å². The minimum atomic E-state index is -3.60. The minimum absolute atomic E-state index is 0.104. The smallest absolute Gasteiger partial charge is 0.243 e. The highest BCUT2D eigenvalue weighted by Crippen LogP contribution is 2.39. The molecule has 0 N–H and O–H groups in total. The molecule has 2 aliphatic rings. The molecule has 0 unspecified atom stereocenters. The molecule has 0 saturated carbocycles. The number of carbonyl (C=O) groups excluding carboxylic acids is 1. The number of fused-ring (bicyclic) bond motifs is 2. The Hall–Kier alpha value is -0.430. The zero-order valence-electron chi connectivity index (χ0n) is 11.2. The number of carbonyl (C=O) groups is 1. The summed E-state index contributed by atoms with van der Waals surface area (Å²) < 4.78 is 27.4. The SMILES string of the molecule is O=C1C[C@H]2CCC[C@@H]([C@@H]1Br)N2S(=O)(=O)c1ccc(Cl)cc1. The molecule has 0 radical (unpaired) electrons. The van der Waals surface area contributed by atoms with E-state index in [4.69, 9.17) is 11.6 Å². The number of piperidine rings is 2. The van der Waals surface area contributed by atoms with Gasteiger partial charge in [0, 0.05) is 23.5 Å². The van der Waals surface area contributed by atoms with Crippen molar-refractivity contribution in [2.75, 3.05) is 0 Å². The van der Waals surface area contributed by atoms with Crippen LogP contribution in [0.5, 0.6) is 0 Å². The predicted molar refractivity (Wildman–Crippen MR) is 84.2 cm³/mol. The third-order valence-corrected chi connectivity index (χ3v) is 7.56. The Morgan fingerprint density at radius 2 is 1.86 bits per heavy atom. The summed E-state index contributed by atoms with van der Waals surface area (Å²) in [6.45, 7) is 0. The van der Waals surface area contributed by atoms with Gasteiger partial charge in [-0.15, -0.1) is 0 Å². The van der Waals surface area contributed by atoms with E-state index in [1.165, 1.54) is 12.1 Å². The lowest BCUT2D eigenvalue weighted by Crippen LogP contribution is -2.59. The second kappa shape index (κ2) is 5.65. The number of sulfonamides is 1. The van der Waals surface area contributed by atoms with E-state index >= 15 is 0 Å². The van der Waals surface area contributed by atoms with E-state index in [0.29, 0.717) is 17.9 Å². The fraction of sp³-hybridized carbons (Fsp3) is 0.500. The Labute approximate surface area is 137 Å². The van der Waals surface area contributed by atoms with Crippen molar-refractivity contribution in [1.29, 1.82) is 0 Å². The fourth-order valence-corrected chi connectivity index (χ4v) is 6.09. The topological polar surface area (TPSA) is 54.5 Å². The average Bonchev–Trinajstić information content (AvgIpc) is 2.45. The third-order valence-electron chi connectivity index (χ3n) is 4.20. The van der Waals surface area contributed by atoms with Crippen molar-refractivity contribution in [3.63, 3.8) is 0 Å². The quantitative estimate of drug-likeness (QED) is 0.727. The van der Waals surface area contributed by atoms with Crippen molar-refractivity contribution in [3.8, 4) is 0 Å². The van der Waals surface area contributed by atoms with Crippen molar-refractivity contribution in [2.45, 2.75) is 47.5 Å². The summed E-state index contributed by atoms with van der Waals surface area (Å²) in [4.78, 5) is 11.8. The summed E-state index contributed by atoms with van der Waals surface area (Å²) in [7, 11) is -3.60. The molecule has 3 atom stereocenters. The number of hydrogen-bond acceptors (Lipinski definition) is 3. The molecule has 114 valence electrons. The lowest BCUT2D eigenvalue weighted by atomic mass is 9.86. The molecule has 2 fully saturated rings. The zero-order valence-corrected chi connectivity index (χ0v) is 14.4. The molecule has 2 heterocycles. The number of halogens is 2. The summed E-state index contributed by atoms with van der Waals surface area (Å²) in [5, 5.41) is 0.501. The van der Waals surface area contributed by atoms with Gasteiger partial charge in [-0.25, -0.2) is 8.42 Å². The van der Waals surface area contributed by atoms with E-state index in [9.17, 15) is 13.2 Å². The highest BCUT2D eigenvalue weighted by molar-refractivity contribution is 9.10. The number of Topliss-reactive ketones (excluding diaryl/α,β-unsaturated/α-hetero) is 1. The summed E-state index contributed by atoms with van der Waals surface area (Å²) in [6.07, 6.45) is 2.70. The van der Waals surface area contributed by atoms with Crippen LogP contribution in [0.4, 0.5) is 0 Å². The minimum Gasteiger partial charge on any atom is -0.298 e. The second-order valence-electron chi connectivity index (χ2n) is 5.51. The largest absolute Gasteiger partial charge is 0.298 e. The molecule has 0 spiro atoms. The van der Waals surface area contributed by atoms with Crippen LogP contribution in [0.15, 0.2) is 29.2 Å². The number of rotatable bonds is 2. The molecule has 0 aliphatic carbocycles. The molecule has 1 aromatic rings. The Bertz CT molecular complexity index is 661. The second-order valence-corrected chi connectivity index (χ2v) is 8.78. The molecule has 2 saturated heterocycles. The molecule has 4 nitrogen and oxygen atoms in total.